The highest BCUT2D eigenvalue weighted by atomic mass is 16.5. The van der Waals surface area contributed by atoms with Crippen molar-refractivity contribution < 1.29 is 18.5 Å². The van der Waals surface area contributed by atoms with E-state index >= 15 is 0 Å². The number of aromatic nitrogens is 4. The minimum Gasteiger partial charge on any atom is -0.461 e. The maximum absolute atomic E-state index is 13.1. The number of ether oxygens (including phenoxy) is 1. The van der Waals surface area contributed by atoms with Crippen LogP contribution in [-0.2, 0) is 11.3 Å². The number of rotatable bonds is 5. The number of aryl methyl sites for hydroxylation is 3. The fraction of sp³-hybridized carbons (Fsp3) is 0.286. The van der Waals surface area contributed by atoms with Crippen LogP contribution in [0.3, 0.4) is 0 Å². The van der Waals surface area contributed by atoms with Crippen LogP contribution in [0.1, 0.15) is 40.3 Å². The third-order valence-electron chi connectivity index (χ3n) is 4.75. The Balaban J connectivity index is 1.75. The molecule has 0 amide bonds. The first kappa shape index (κ1) is 19.6. The van der Waals surface area contributed by atoms with Gasteiger partial charge in [0.05, 0.1) is 13.2 Å². The monoisotopic (exact) mass is 408 g/mol. The number of carbonyl (C=O) groups is 1. The molecule has 0 unspecified atom stereocenters. The molecule has 1 aromatic carbocycles. The fourth-order valence-electron chi connectivity index (χ4n) is 3.11. The summed E-state index contributed by atoms with van der Waals surface area (Å²) in [6, 6.07) is 7.81. The van der Waals surface area contributed by atoms with Crippen LogP contribution >= 0.6 is 0 Å². The molecule has 30 heavy (non-hydrogen) atoms. The van der Waals surface area contributed by atoms with E-state index in [1.165, 1.54) is 4.57 Å². The number of hydrogen-bond donors (Lipinski definition) is 0. The van der Waals surface area contributed by atoms with Crippen LogP contribution in [0, 0.1) is 20.8 Å². The maximum Gasteiger partial charge on any atom is 0.361 e. The smallest absolute Gasteiger partial charge is 0.361 e. The lowest BCUT2D eigenvalue weighted by molar-refractivity contribution is 0.0516. The van der Waals surface area contributed by atoms with E-state index in [0.717, 1.165) is 11.1 Å². The molecule has 9 heteroatoms. The van der Waals surface area contributed by atoms with Gasteiger partial charge in [-0.15, -0.1) is 0 Å². The van der Waals surface area contributed by atoms with Crippen molar-refractivity contribution in [3.63, 3.8) is 0 Å². The summed E-state index contributed by atoms with van der Waals surface area (Å²) in [5.41, 5.74) is 1.92. The molecule has 0 radical (unpaired) electrons. The summed E-state index contributed by atoms with van der Waals surface area (Å²) in [5.74, 6) is 0.732. The third kappa shape index (κ3) is 3.38. The van der Waals surface area contributed by atoms with Gasteiger partial charge in [-0.2, -0.15) is 4.98 Å². The summed E-state index contributed by atoms with van der Waals surface area (Å²) >= 11 is 0. The summed E-state index contributed by atoms with van der Waals surface area (Å²) in [5, 5.41) is 3.66. The molecule has 0 aliphatic rings. The van der Waals surface area contributed by atoms with Crippen LogP contribution in [0.4, 0.5) is 0 Å². The molecule has 0 saturated carbocycles. The van der Waals surface area contributed by atoms with Gasteiger partial charge in [0.2, 0.25) is 11.6 Å². The molecule has 0 fully saturated rings. The van der Waals surface area contributed by atoms with E-state index in [-0.39, 0.29) is 29.9 Å². The average molecular weight is 408 g/mol. The molecule has 3 aromatic heterocycles. The Labute approximate surface area is 171 Å². The number of hydrogen-bond acceptors (Lipinski definition) is 8. The highest BCUT2D eigenvalue weighted by Gasteiger charge is 2.24. The standard InChI is InChI=1S/C21H20N4O5/c1-5-28-21(27)17-16-19(30-24-17)22-13(4)25(20(16)26)10-15-12(3)29-18(23-15)14-8-6-11(2)7-9-14/h6-9H,5,10H2,1-4H3. The summed E-state index contributed by atoms with van der Waals surface area (Å²) in [6.45, 7) is 7.41. The third-order valence-corrected chi connectivity index (χ3v) is 4.75. The van der Waals surface area contributed by atoms with E-state index in [9.17, 15) is 9.59 Å². The highest BCUT2D eigenvalue weighted by molar-refractivity contribution is 5.99. The van der Waals surface area contributed by atoms with E-state index in [4.69, 9.17) is 13.7 Å². The van der Waals surface area contributed by atoms with E-state index in [2.05, 4.69) is 15.1 Å². The van der Waals surface area contributed by atoms with E-state index < -0.39 is 11.5 Å². The zero-order chi connectivity index (χ0) is 21.4. The lowest BCUT2D eigenvalue weighted by atomic mass is 10.1. The Morgan fingerprint density at radius 2 is 1.87 bits per heavy atom. The molecule has 0 spiro atoms. The maximum atomic E-state index is 13.1. The first-order valence-corrected chi connectivity index (χ1v) is 9.46. The molecule has 4 aromatic rings. The Kier molecular flexibility index (Phi) is 4.94. The zero-order valence-electron chi connectivity index (χ0n) is 17.1. The molecule has 0 bridgehead atoms. The molecule has 4 rings (SSSR count). The molecule has 0 aliphatic heterocycles. The number of benzene rings is 1. The first-order chi connectivity index (χ1) is 14.4. The van der Waals surface area contributed by atoms with Gasteiger partial charge in [0.1, 0.15) is 22.7 Å². The fourth-order valence-corrected chi connectivity index (χ4v) is 3.11. The van der Waals surface area contributed by atoms with Crippen LogP contribution in [0.25, 0.3) is 22.6 Å². The normalized spacial score (nSPS) is 11.2. The average Bonchev–Trinajstić information content (AvgIpc) is 3.29. The van der Waals surface area contributed by atoms with Gasteiger partial charge in [-0.25, -0.2) is 9.78 Å². The molecule has 154 valence electrons. The second-order valence-electron chi connectivity index (χ2n) is 6.87. The van der Waals surface area contributed by atoms with Crippen molar-refractivity contribution >= 4 is 17.1 Å². The van der Waals surface area contributed by atoms with E-state index in [0.29, 0.717) is 23.2 Å². The lowest BCUT2D eigenvalue weighted by Gasteiger charge is -2.07. The second kappa shape index (κ2) is 7.58. The summed E-state index contributed by atoms with van der Waals surface area (Å²) in [7, 11) is 0. The van der Waals surface area contributed by atoms with Gasteiger partial charge < -0.3 is 13.7 Å². The van der Waals surface area contributed by atoms with Crippen molar-refractivity contribution in [2.24, 2.45) is 0 Å². The molecule has 0 aliphatic carbocycles. The molecule has 0 saturated heterocycles. The Morgan fingerprint density at radius 1 is 1.13 bits per heavy atom. The van der Waals surface area contributed by atoms with Crippen LogP contribution in [-0.4, -0.2) is 32.3 Å². The lowest BCUT2D eigenvalue weighted by Crippen LogP contribution is -2.25. The van der Waals surface area contributed by atoms with Crippen LogP contribution in [0.5, 0.6) is 0 Å². The number of fused-ring (bicyclic) bond motifs is 1. The quantitative estimate of drug-likeness (QED) is 0.463. The van der Waals surface area contributed by atoms with E-state index in [1.54, 1.807) is 20.8 Å². The van der Waals surface area contributed by atoms with Crippen molar-refractivity contribution in [2.75, 3.05) is 6.61 Å². The van der Waals surface area contributed by atoms with Gasteiger partial charge in [-0.05, 0) is 39.8 Å². The number of oxazole rings is 1. The van der Waals surface area contributed by atoms with Crippen molar-refractivity contribution in [1.82, 2.24) is 19.7 Å². The number of esters is 1. The Morgan fingerprint density at radius 3 is 2.57 bits per heavy atom. The predicted molar refractivity (Wildman–Crippen MR) is 107 cm³/mol. The Hall–Kier alpha value is -3.75. The summed E-state index contributed by atoms with van der Waals surface area (Å²) in [6.07, 6.45) is 0. The summed E-state index contributed by atoms with van der Waals surface area (Å²) < 4.78 is 17.2. The molecule has 3 heterocycles. The van der Waals surface area contributed by atoms with Crippen molar-refractivity contribution in [3.8, 4) is 11.5 Å². The molecule has 0 atom stereocenters. The van der Waals surface area contributed by atoms with E-state index in [1.807, 2.05) is 31.2 Å². The summed E-state index contributed by atoms with van der Waals surface area (Å²) in [4.78, 5) is 34.1. The zero-order valence-corrected chi connectivity index (χ0v) is 17.1. The number of carbonyl (C=O) groups excluding carboxylic acids is 1. The predicted octanol–water partition coefficient (Wildman–Crippen LogP) is 3.19. The van der Waals surface area contributed by atoms with Gasteiger partial charge in [0, 0.05) is 5.56 Å². The molecular formula is C21H20N4O5. The molecule has 9 nitrogen and oxygen atoms in total. The first-order valence-electron chi connectivity index (χ1n) is 9.46. The van der Waals surface area contributed by atoms with Crippen molar-refractivity contribution in [2.45, 2.75) is 34.2 Å². The molecular weight excluding hydrogens is 388 g/mol. The van der Waals surface area contributed by atoms with Gasteiger partial charge >= 0.3 is 5.97 Å². The van der Waals surface area contributed by atoms with Crippen LogP contribution < -0.4 is 5.56 Å². The Bertz CT molecular complexity index is 1300. The van der Waals surface area contributed by atoms with Gasteiger partial charge in [-0.1, -0.05) is 22.9 Å². The van der Waals surface area contributed by atoms with Crippen molar-refractivity contribution in [1.29, 1.82) is 0 Å². The van der Waals surface area contributed by atoms with Crippen LogP contribution in [0.15, 0.2) is 38.0 Å². The highest BCUT2D eigenvalue weighted by Crippen LogP contribution is 2.23. The van der Waals surface area contributed by atoms with Gasteiger partial charge in [-0.3, -0.25) is 9.36 Å². The largest absolute Gasteiger partial charge is 0.461 e. The topological polar surface area (TPSA) is 113 Å². The minimum atomic E-state index is -0.732. The van der Waals surface area contributed by atoms with Gasteiger partial charge in [0.15, 0.2) is 0 Å². The van der Waals surface area contributed by atoms with Crippen LogP contribution in [0.2, 0.25) is 0 Å². The number of nitrogens with zero attached hydrogens (tertiary/aromatic N) is 4. The minimum absolute atomic E-state index is 0.00553. The SMILES string of the molecule is CCOC(=O)c1noc2nc(C)n(Cc3nc(-c4ccc(C)cc4)oc3C)c(=O)c12. The molecule has 0 N–H and O–H groups in total. The second-order valence-corrected chi connectivity index (χ2v) is 6.87. The van der Waals surface area contributed by atoms with Crippen molar-refractivity contribution in [3.05, 3.63) is 63.2 Å². The van der Waals surface area contributed by atoms with Gasteiger partial charge in [0.25, 0.3) is 11.3 Å².